The van der Waals surface area contributed by atoms with Gasteiger partial charge < -0.3 is 19.4 Å². The van der Waals surface area contributed by atoms with Gasteiger partial charge in [-0.05, 0) is 35.7 Å². The third-order valence-corrected chi connectivity index (χ3v) is 5.34. The number of benzene rings is 2. The first-order valence-electron chi connectivity index (χ1n) is 9.87. The van der Waals surface area contributed by atoms with Crippen LogP contribution in [0.15, 0.2) is 48.7 Å². The molecule has 2 heterocycles. The van der Waals surface area contributed by atoms with Gasteiger partial charge in [0.2, 0.25) is 12.7 Å². The molecule has 1 atom stereocenters. The van der Waals surface area contributed by atoms with E-state index in [0.717, 1.165) is 47.5 Å². The molecule has 0 bridgehead atoms. The van der Waals surface area contributed by atoms with Gasteiger partial charge in [-0.25, -0.2) is 0 Å². The maximum atomic E-state index is 12.7. The molecule has 4 rings (SSSR count). The Morgan fingerprint density at radius 2 is 2.00 bits per heavy atom. The van der Waals surface area contributed by atoms with Crippen LogP contribution in [0, 0.1) is 0 Å². The number of amides is 1. The first kappa shape index (κ1) is 18.4. The predicted octanol–water partition coefficient (Wildman–Crippen LogP) is 4.35. The summed E-state index contributed by atoms with van der Waals surface area (Å²) in [6, 6.07) is 14.3. The van der Waals surface area contributed by atoms with E-state index in [4.69, 9.17) is 9.47 Å². The Balaban J connectivity index is 1.72. The van der Waals surface area contributed by atoms with Gasteiger partial charge in [-0.3, -0.25) is 4.79 Å². The third kappa shape index (κ3) is 3.57. The second-order valence-electron chi connectivity index (χ2n) is 7.29. The summed E-state index contributed by atoms with van der Waals surface area (Å²) in [6.45, 7) is 3.09. The molecule has 5 nitrogen and oxygen atoms in total. The van der Waals surface area contributed by atoms with Crippen LogP contribution in [0.25, 0.3) is 10.9 Å². The number of unbranched alkanes of at least 4 members (excludes halogenated alkanes) is 1. The quantitative estimate of drug-likeness (QED) is 0.622. The highest BCUT2D eigenvalue weighted by molar-refractivity contribution is 5.86. The molecule has 0 fully saturated rings. The maximum absolute atomic E-state index is 12.7. The lowest BCUT2D eigenvalue weighted by Crippen LogP contribution is -2.26. The molecule has 28 heavy (non-hydrogen) atoms. The van der Waals surface area contributed by atoms with E-state index in [1.807, 2.05) is 37.4 Å². The summed E-state index contributed by atoms with van der Waals surface area (Å²) in [4.78, 5) is 12.7. The number of nitrogens with zero attached hydrogens (tertiary/aromatic N) is 1. The number of fused-ring (bicyclic) bond motifs is 2. The van der Waals surface area contributed by atoms with Crippen LogP contribution in [0.2, 0.25) is 0 Å². The summed E-state index contributed by atoms with van der Waals surface area (Å²) in [5, 5.41) is 4.23. The van der Waals surface area contributed by atoms with E-state index >= 15 is 0 Å². The van der Waals surface area contributed by atoms with Gasteiger partial charge in [-0.1, -0.05) is 37.6 Å². The average Bonchev–Trinajstić information content (AvgIpc) is 3.31. The molecule has 0 aliphatic carbocycles. The van der Waals surface area contributed by atoms with Crippen LogP contribution < -0.4 is 14.8 Å². The van der Waals surface area contributed by atoms with Crippen LogP contribution in [0.4, 0.5) is 0 Å². The van der Waals surface area contributed by atoms with E-state index < -0.39 is 0 Å². The molecule has 1 amide bonds. The molecule has 3 aromatic rings. The van der Waals surface area contributed by atoms with Gasteiger partial charge in [0.1, 0.15) is 0 Å². The van der Waals surface area contributed by atoms with Crippen LogP contribution in [-0.4, -0.2) is 23.8 Å². The zero-order valence-corrected chi connectivity index (χ0v) is 16.4. The number of hydrogen-bond donors (Lipinski definition) is 1. The number of rotatable bonds is 7. The normalized spacial score (nSPS) is 13.6. The molecule has 1 aliphatic heterocycles. The minimum atomic E-state index is -0.0535. The number of para-hydroxylation sites is 1. The van der Waals surface area contributed by atoms with Crippen molar-refractivity contribution in [3.8, 4) is 11.5 Å². The highest BCUT2D eigenvalue weighted by atomic mass is 16.7. The molecule has 5 heteroatoms. The van der Waals surface area contributed by atoms with E-state index in [0.29, 0.717) is 6.42 Å². The van der Waals surface area contributed by atoms with Crippen molar-refractivity contribution in [1.29, 1.82) is 0 Å². The standard InChI is InChI=1S/C23H26N2O3/c1-3-4-11-24-23(26)13-18(16-9-10-21-22(12-16)28-15-27-21)19-14-25(2)20-8-6-5-7-17(19)20/h5-10,12,14,18H,3-4,11,13,15H2,1-2H3,(H,24,26)/t18-/m0/s1. The molecule has 0 spiro atoms. The Hall–Kier alpha value is -2.95. The van der Waals surface area contributed by atoms with E-state index in [9.17, 15) is 4.79 Å². The lowest BCUT2D eigenvalue weighted by Gasteiger charge is -2.18. The second-order valence-corrected chi connectivity index (χ2v) is 7.29. The molecule has 0 saturated carbocycles. The SMILES string of the molecule is CCCCNC(=O)C[C@@H](c1ccc2c(c1)OCO2)c1cn(C)c2ccccc12. The highest BCUT2D eigenvalue weighted by Crippen LogP contribution is 2.39. The Labute approximate surface area is 165 Å². The smallest absolute Gasteiger partial charge is 0.231 e. The first-order valence-corrected chi connectivity index (χ1v) is 9.87. The molecular weight excluding hydrogens is 352 g/mol. The van der Waals surface area contributed by atoms with E-state index in [2.05, 4.69) is 35.1 Å². The molecule has 2 aromatic carbocycles. The number of nitrogens with one attached hydrogen (secondary N) is 1. The minimum absolute atomic E-state index is 0.0535. The Morgan fingerprint density at radius 3 is 2.86 bits per heavy atom. The molecule has 1 aromatic heterocycles. The summed E-state index contributed by atoms with van der Waals surface area (Å²) >= 11 is 0. The van der Waals surface area contributed by atoms with Gasteiger partial charge in [-0.15, -0.1) is 0 Å². The van der Waals surface area contributed by atoms with E-state index in [1.165, 1.54) is 5.39 Å². The average molecular weight is 378 g/mol. The summed E-state index contributed by atoms with van der Waals surface area (Å²) in [5.41, 5.74) is 3.38. The lowest BCUT2D eigenvalue weighted by atomic mass is 9.87. The van der Waals surface area contributed by atoms with Crippen molar-refractivity contribution in [2.75, 3.05) is 13.3 Å². The van der Waals surface area contributed by atoms with Crippen LogP contribution in [-0.2, 0) is 11.8 Å². The molecule has 0 unspecified atom stereocenters. The number of aryl methyl sites for hydroxylation is 1. The molecule has 0 saturated heterocycles. The monoisotopic (exact) mass is 378 g/mol. The van der Waals surface area contributed by atoms with Crippen molar-refractivity contribution < 1.29 is 14.3 Å². The van der Waals surface area contributed by atoms with Gasteiger partial charge in [0.25, 0.3) is 0 Å². The highest BCUT2D eigenvalue weighted by Gasteiger charge is 2.24. The minimum Gasteiger partial charge on any atom is -0.454 e. The molecule has 146 valence electrons. The third-order valence-electron chi connectivity index (χ3n) is 5.34. The van der Waals surface area contributed by atoms with Gasteiger partial charge in [0, 0.05) is 43.0 Å². The number of aromatic nitrogens is 1. The first-order chi connectivity index (χ1) is 13.7. The van der Waals surface area contributed by atoms with Crippen molar-refractivity contribution in [3.05, 3.63) is 59.8 Å². The number of hydrogen-bond acceptors (Lipinski definition) is 3. The number of carbonyl (C=O) groups excluding carboxylic acids is 1. The summed E-state index contributed by atoms with van der Waals surface area (Å²) in [7, 11) is 2.05. The van der Waals surface area contributed by atoms with Crippen LogP contribution in [0.3, 0.4) is 0 Å². The van der Waals surface area contributed by atoms with E-state index in [1.54, 1.807) is 0 Å². The van der Waals surface area contributed by atoms with Crippen molar-refractivity contribution in [2.24, 2.45) is 7.05 Å². The van der Waals surface area contributed by atoms with Gasteiger partial charge in [0.05, 0.1) is 0 Å². The zero-order chi connectivity index (χ0) is 19.5. The fourth-order valence-electron chi connectivity index (χ4n) is 3.85. The fourth-order valence-corrected chi connectivity index (χ4v) is 3.85. The van der Waals surface area contributed by atoms with Crippen molar-refractivity contribution in [1.82, 2.24) is 9.88 Å². The zero-order valence-electron chi connectivity index (χ0n) is 16.4. The maximum Gasteiger partial charge on any atom is 0.231 e. The molecule has 1 N–H and O–H groups in total. The van der Waals surface area contributed by atoms with Crippen LogP contribution in [0.1, 0.15) is 43.2 Å². The summed E-state index contributed by atoms with van der Waals surface area (Å²) in [6.07, 6.45) is 4.60. The Morgan fingerprint density at radius 1 is 1.18 bits per heavy atom. The molecular formula is C23H26N2O3. The van der Waals surface area contributed by atoms with Crippen molar-refractivity contribution in [2.45, 2.75) is 32.1 Å². The topological polar surface area (TPSA) is 52.5 Å². The number of ether oxygens (including phenoxy) is 2. The second kappa shape index (κ2) is 7.97. The predicted molar refractivity (Wildman–Crippen MR) is 110 cm³/mol. The Bertz CT molecular complexity index is 993. The Kier molecular flexibility index (Phi) is 5.24. The van der Waals surface area contributed by atoms with Crippen LogP contribution >= 0.6 is 0 Å². The van der Waals surface area contributed by atoms with Crippen molar-refractivity contribution in [3.63, 3.8) is 0 Å². The molecule has 1 aliphatic rings. The van der Waals surface area contributed by atoms with Gasteiger partial charge in [-0.2, -0.15) is 0 Å². The number of carbonyl (C=O) groups is 1. The molecule has 0 radical (unpaired) electrons. The van der Waals surface area contributed by atoms with Gasteiger partial charge in [0.15, 0.2) is 11.5 Å². The largest absolute Gasteiger partial charge is 0.454 e. The fraction of sp³-hybridized carbons (Fsp3) is 0.348. The summed E-state index contributed by atoms with van der Waals surface area (Å²) in [5.74, 6) is 1.52. The summed E-state index contributed by atoms with van der Waals surface area (Å²) < 4.78 is 13.2. The van der Waals surface area contributed by atoms with Crippen molar-refractivity contribution >= 4 is 16.8 Å². The van der Waals surface area contributed by atoms with Crippen LogP contribution in [0.5, 0.6) is 11.5 Å². The van der Waals surface area contributed by atoms with E-state index in [-0.39, 0.29) is 18.6 Å². The lowest BCUT2D eigenvalue weighted by molar-refractivity contribution is -0.121. The van der Waals surface area contributed by atoms with Gasteiger partial charge >= 0.3 is 0 Å².